The number of hydrogen-bond acceptors (Lipinski definition) is 3. The van der Waals surface area contributed by atoms with Crippen LogP contribution in [0.2, 0.25) is 0 Å². The minimum absolute atomic E-state index is 0.0827. The van der Waals surface area contributed by atoms with Gasteiger partial charge in [-0.05, 0) is 76.1 Å². The fraction of sp³-hybridized carbons (Fsp3) is 0.517. The predicted molar refractivity (Wildman–Crippen MR) is 135 cm³/mol. The van der Waals surface area contributed by atoms with Crippen LogP contribution < -0.4 is 4.74 Å². The molecule has 2 amide bonds. The van der Waals surface area contributed by atoms with Gasteiger partial charge in [0.15, 0.2) is 0 Å². The Hall–Kier alpha value is -2.82. The number of fused-ring (bicyclic) bond motifs is 1. The Labute approximate surface area is 204 Å². The van der Waals surface area contributed by atoms with Crippen molar-refractivity contribution in [2.45, 2.75) is 65.3 Å². The number of ether oxygens (including phenoxy) is 1. The summed E-state index contributed by atoms with van der Waals surface area (Å²) in [5.74, 6) is 1.26. The minimum atomic E-state index is -0.397. The molecule has 0 aromatic heterocycles. The molecule has 34 heavy (non-hydrogen) atoms. The van der Waals surface area contributed by atoms with Gasteiger partial charge in [-0.25, -0.2) is 0 Å². The number of hydrogen-bond donors (Lipinski definition) is 0. The number of aryl methyl sites for hydroxylation is 2. The molecule has 0 radical (unpaired) electrons. The average Bonchev–Trinajstić information content (AvgIpc) is 2.84. The number of carbonyl (C=O) groups excluding carboxylic acids is 2. The fourth-order valence-corrected chi connectivity index (χ4v) is 5.47. The van der Waals surface area contributed by atoms with Gasteiger partial charge in [-0.3, -0.25) is 9.59 Å². The molecular formula is C29H38N2O3. The first-order chi connectivity index (χ1) is 16.4. The maximum absolute atomic E-state index is 14.0. The summed E-state index contributed by atoms with van der Waals surface area (Å²) in [5.41, 5.74) is 2.62. The Morgan fingerprint density at radius 1 is 0.941 bits per heavy atom. The van der Waals surface area contributed by atoms with Crippen LogP contribution in [-0.2, 0) is 11.2 Å². The molecule has 4 rings (SSSR count). The maximum Gasteiger partial charge on any atom is 0.254 e. The standard InChI is InChI=1S/C29H38N2O3/c1-22(2)31-20-21-34-26-14-7-5-11-24(26)12-8-9-15-29(28(31)33)16-18-30(19-17-29)27(32)25-13-6-4-10-23(25)3/h4-7,10-11,13-14,22H,8-9,12,15-21H2,1-3H3. The van der Waals surface area contributed by atoms with E-state index in [1.807, 2.05) is 53.1 Å². The molecular weight excluding hydrogens is 424 g/mol. The summed E-state index contributed by atoms with van der Waals surface area (Å²) in [4.78, 5) is 31.1. The van der Waals surface area contributed by atoms with E-state index in [1.165, 1.54) is 5.56 Å². The van der Waals surface area contributed by atoms with Gasteiger partial charge in [0.05, 0.1) is 12.0 Å². The summed E-state index contributed by atoms with van der Waals surface area (Å²) in [6, 6.07) is 16.1. The minimum Gasteiger partial charge on any atom is -0.491 e. The largest absolute Gasteiger partial charge is 0.491 e. The monoisotopic (exact) mass is 462 g/mol. The molecule has 2 aliphatic rings. The van der Waals surface area contributed by atoms with E-state index in [0.29, 0.717) is 26.2 Å². The number of amides is 2. The van der Waals surface area contributed by atoms with Gasteiger partial charge in [-0.15, -0.1) is 0 Å². The van der Waals surface area contributed by atoms with Gasteiger partial charge in [-0.1, -0.05) is 42.8 Å². The zero-order valence-corrected chi connectivity index (χ0v) is 20.9. The first-order valence-corrected chi connectivity index (χ1v) is 12.8. The second kappa shape index (κ2) is 10.6. The molecule has 0 saturated carbocycles. The van der Waals surface area contributed by atoms with Crippen LogP contribution in [0.4, 0.5) is 0 Å². The third kappa shape index (κ3) is 5.13. The van der Waals surface area contributed by atoms with Crippen LogP contribution >= 0.6 is 0 Å². The zero-order chi connectivity index (χ0) is 24.1. The second-order valence-corrected chi connectivity index (χ2v) is 10.1. The molecule has 182 valence electrons. The molecule has 5 heteroatoms. The SMILES string of the molecule is Cc1ccccc1C(=O)N1CCC2(CCCCc3ccccc3OCCN(C(C)C)C2=O)CC1. The average molecular weight is 463 g/mol. The lowest BCUT2D eigenvalue weighted by Crippen LogP contribution is -2.53. The summed E-state index contributed by atoms with van der Waals surface area (Å²) in [5, 5.41) is 0. The fourth-order valence-electron chi connectivity index (χ4n) is 5.47. The lowest BCUT2D eigenvalue weighted by Gasteiger charge is -2.44. The molecule has 2 heterocycles. The number of piperidine rings is 1. The van der Waals surface area contributed by atoms with E-state index < -0.39 is 5.41 Å². The van der Waals surface area contributed by atoms with Crippen molar-refractivity contribution in [3.8, 4) is 5.75 Å². The number of rotatable bonds is 2. The van der Waals surface area contributed by atoms with Crippen molar-refractivity contribution in [3.05, 3.63) is 65.2 Å². The Balaban J connectivity index is 1.52. The highest BCUT2D eigenvalue weighted by molar-refractivity contribution is 5.96. The number of likely N-dealkylation sites (tertiary alicyclic amines) is 1. The Bertz CT molecular complexity index is 1010. The highest BCUT2D eigenvalue weighted by atomic mass is 16.5. The zero-order valence-electron chi connectivity index (χ0n) is 20.9. The summed E-state index contributed by atoms with van der Waals surface area (Å²) in [7, 11) is 0. The lowest BCUT2D eigenvalue weighted by molar-refractivity contribution is -0.148. The maximum atomic E-state index is 14.0. The van der Waals surface area contributed by atoms with E-state index >= 15 is 0 Å². The highest BCUT2D eigenvalue weighted by Crippen LogP contribution is 2.40. The molecule has 0 N–H and O–H groups in total. The Morgan fingerprint density at radius 3 is 2.38 bits per heavy atom. The van der Waals surface area contributed by atoms with Crippen LogP contribution in [-0.4, -0.2) is 53.9 Å². The molecule has 0 aliphatic carbocycles. The smallest absolute Gasteiger partial charge is 0.254 e. The van der Waals surface area contributed by atoms with Crippen LogP contribution in [0.1, 0.15) is 67.4 Å². The molecule has 5 nitrogen and oxygen atoms in total. The summed E-state index contributed by atoms with van der Waals surface area (Å²) in [6.07, 6.45) is 5.33. The van der Waals surface area contributed by atoms with Crippen LogP contribution in [0.15, 0.2) is 48.5 Å². The lowest BCUT2D eigenvalue weighted by atomic mass is 9.72. The van der Waals surface area contributed by atoms with E-state index in [9.17, 15) is 9.59 Å². The normalized spacial score (nSPS) is 19.2. The Kier molecular flexibility index (Phi) is 7.60. The van der Waals surface area contributed by atoms with Crippen molar-refractivity contribution in [3.63, 3.8) is 0 Å². The van der Waals surface area contributed by atoms with Crippen molar-refractivity contribution in [1.82, 2.24) is 9.80 Å². The number of carbonyl (C=O) groups is 2. The molecule has 2 aliphatic heterocycles. The van der Waals surface area contributed by atoms with E-state index in [4.69, 9.17) is 4.74 Å². The molecule has 1 spiro atoms. The van der Waals surface area contributed by atoms with Gasteiger partial charge in [-0.2, -0.15) is 0 Å². The topological polar surface area (TPSA) is 49.9 Å². The third-order valence-corrected chi connectivity index (χ3v) is 7.63. The van der Waals surface area contributed by atoms with E-state index in [-0.39, 0.29) is 17.9 Å². The molecule has 0 unspecified atom stereocenters. The Morgan fingerprint density at radius 2 is 1.65 bits per heavy atom. The van der Waals surface area contributed by atoms with E-state index in [0.717, 1.165) is 55.4 Å². The molecule has 0 atom stereocenters. The van der Waals surface area contributed by atoms with Gasteiger partial charge in [0, 0.05) is 24.7 Å². The summed E-state index contributed by atoms with van der Waals surface area (Å²) < 4.78 is 6.13. The van der Waals surface area contributed by atoms with Crippen molar-refractivity contribution < 1.29 is 14.3 Å². The van der Waals surface area contributed by atoms with Crippen molar-refractivity contribution in [2.75, 3.05) is 26.2 Å². The van der Waals surface area contributed by atoms with Crippen molar-refractivity contribution in [1.29, 1.82) is 0 Å². The number of para-hydroxylation sites is 1. The summed E-state index contributed by atoms with van der Waals surface area (Å²) >= 11 is 0. The van der Waals surface area contributed by atoms with Gasteiger partial charge < -0.3 is 14.5 Å². The van der Waals surface area contributed by atoms with Gasteiger partial charge in [0.2, 0.25) is 5.91 Å². The molecule has 1 saturated heterocycles. The predicted octanol–water partition coefficient (Wildman–Crippen LogP) is 5.26. The number of benzene rings is 2. The van der Waals surface area contributed by atoms with Crippen molar-refractivity contribution in [2.24, 2.45) is 5.41 Å². The second-order valence-electron chi connectivity index (χ2n) is 10.1. The van der Waals surface area contributed by atoms with Crippen LogP contribution in [0.3, 0.4) is 0 Å². The molecule has 0 bridgehead atoms. The summed E-state index contributed by atoms with van der Waals surface area (Å²) in [6.45, 7) is 8.49. The first kappa shape index (κ1) is 24.3. The number of nitrogens with zero attached hydrogens (tertiary/aromatic N) is 2. The molecule has 2 aromatic rings. The molecule has 1 fully saturated rings. The quantitative estimate of drug-likeness (QED) is 0.612. The first-order valence-electron chi connectivity index (χ1n) is 12.8. The molecule has 2 aromatic carbocycles. The van der Waals surface area contributed by atoms with Crippen LogP contribution in [0, 0.1) is 12.3 Å². The van der Waals surface area contributed by atoms with Crippen molar-refractivity contribution >= 4 is 11.8 Å². The highest BCUT2D eigenvalue weighted by Gasteiger charge is 2.44. The van der Waals surface area contributed by atoms with Crippen LogP contribution in [0.5, 0.6) is 5.75 Å². The third-order valence-electron chi connectivity index (χ3n) is 7.63. The van der Waals surface area contributed by atoms with Gasteiger partial charge in [0.1, 0.15) is 12.4 Å². The van der Waals surface area contributed by atoms with E-state index in [1.54, 1.807) is 0 Å². The van der Waals surface area contributed by atoms with Crippen LogP contribution in [0.25, 0.3) is 0 Å². The van der Waals surface area contributed by atoms with E-state index in [2.05, 4.69) is 26.0 Å². The van der Waals surface area contributed by atoms with Gasteiger partial charge in [0.25, 0.3) is 5.91 Å². The van der Waals surface area contributed by atoms with Gasteiger partial charge >= 0.3 is 0 Å².